The second-order valence-electron chi connectivity index (χ2n) is 10.00. The minimum absolute atomic E-state index is 0.00338. The number of halogens is 1. The Morgan fingerprint density at radius 3 is 2.45 bits per heavy atom. The summed E-state index contributed by atoms with van der Waals surface area (Å²) in [6.07, 6.45) is -11.4. The van der Waals surface area contributed by atoms with Crippen LogP contribution in [0, 0.1) is 11.3 Å². The van der Waals surface area contributed by atoms with Crippen LogP contribution >= 0.6 is 15.6 Å². The highest BCUT2D eigenvalue weighted by Crippen LogP contribution is 2.51. The average Bonchev–Trinajstić information content (AvgIpc) is 3.66. The summed E-state index contributed by atoms with van der Waals surface area (Å²) in [6, 6.07) is 2.65. The molecule has 7 N–H and O–H groups in total. The lowest BCUT2D eigenvalue weighted by atomic mass is 10.1. The molecule has 3 aromatic rings. The number of nitrogen functional groups attached to an aromatic ring is 1. The number of aromatic nitrogens is 6. The Morgan fingerprint density at radius 1 is 1.02 bits per heavy atom. The van der Waals surface area contributed by atoms with Gasteiger partial charge in [0.15, 0.2) is 30.1 Å². The largest absolute Gasteiger partial charge is 0.472 e. The maximum atomic E-state index is 16.0. The molecule has 0 bridgehead atoms. The predicted octanol–water partition coefficient (Wildman–Crippen LogP) is -1.64. The first kappa shape index (κ1) is 34.8. The predicted molar refractivity (Wildman–Crippen MR) is 148 cm³/mol. The van der Waals surface area contributed by atoms with Crippen molar-refractivity contribution in [3.05, 3.63) is 45.8 Å². The number of nitrogens with zero attached hydrogens (tertiary/aromatic N) is 6. The van der Waals surface area contributed by atoms with Crippen LogP contribution in [0.25, 0.3) is 11.2 Å². The van der Waals surface area contributed by atoms with E-state index in [1.54, 1.807) is 6.07 Å². The van der Waals surface area contributed by atoms with Gasteiger partial charge in [0.25, 0.3) is 5.56 Å². The number of aromatic amines is 1. The summed E-state index contributed by atoms with van der Waals surface area (Å²) in [5, 5.41) is 29.4. The first-order valence-corrected chi connectivity index (χ1v) is 16.4. The van der Waals surface area contributed by atoms with Crippen LogP contribution in [0.5, 0.6) is 0 Å². The molecule has 10 atom stereocenters. The number of nitrogens with two attached hydrogens (primary N) is 1. The van der Waals surface area contributed by atoms with Crippen LogP contribution < -0.4 is 17.0 Å². The first-order valence-electron chi connectivity index (χ1n) is 13.4. The van der Waals surface area contributed by atoms with Gasteiger partial charge < -0.3 is 35.2 Å². The molecule has 0 spiro atoms. The van der Waals surface area contributed by atoms with Crippen molar-refractivity contribution in [1.82, 2.24) is 29.1 Å². The summed E-state index contributed by atoms with van der Waals surface area (Å²) in [5.74, 6) is -0.0482. The number of phosphoric ester groups is 2. The van der Waals surface area contributed by atoms with Crippen LogP contribution in [-0.2, 0) is 36.7 Å². The molecule has 22 nitrogen and oxygen atoms in total. The molecule has 0 aromatic carbocycles. The second-order valence-corrected chi connectivity index (χ2v) is 12.9. The molecule has 2 aliphatic heterocycles. The van der Waals surface area contributed by atoms with Gasteiger partial charge in [0.2, 0.25) is 0 Å². The number of rotatable bonds is 13. The third-order valence-electron chi connectivity index (χ3n) is 6.92. The van der Waals surface area contributed by atoms with Gasteiger partial charge in [-0.05, 0) is 0 Å². The molecular formula is C22H27FN8O14P2. The number of nitrogens with one attached hydrogen (secondary N) is 1. The molecular weight excluding hydrogens is 681 g/mol. The summed E-state index contributed by atoms with van der Waals surface area (Å²) in [6.45, 7) is -2.35. The van der Waals surface area contributed by atoms with E-state index in [-0.39, 0.29) is 23.4 Å². The number of aliphatic hydroxyl groups is 2. The Labute approximate surface area is 261 Å². The number of phosphoric acid groups is 2. The van der Waals surface area contributed by atoms with E-state index in [2.05, 4.69) is 19.5 Å². The van der Waals surface area contributed by atoms with E-state index in [1.807, 2.05) is 4.98 Å². The van der Waals surface area contributed by atoms with Crippen molar-refractivity contribution >= 4 is 32.6 Å². The smallest absolute Gasteiger partial charge is 0.387 e. The van der Waals surface area contributed by atoms with E-state index in [1.165, 1.54) is 0 Å². The van der Waals surface area contributed by atoms with E-state index in [0.717, 1.165) is 34.1 Å². The summed E-state index contributed by atoms with van der Waals surface area (Å²) in [4.78, 5) is 57.6. The van der Waals surface area contributed by atoms with Crippen LogP contribution in [0.1, 0.15) is 18.9 Å². The molecule has 2 saturated heterocycles. The van der Waals surface area contributed by atoms with Crippen molar-refractivity contribution < 1.29 is 61.1 Å². The zero-order valence-electron chi connectivity index (χ0n) is 23.7. The summed E-state index contributed by atoms with van der Waals surface area (Å²) in [7, 11) is -10.1. The van der Waals surface area contributed by atoms with Crippen LogP contribution in [-0.4, -0.2) is 106 Å². The van der Waals surface area contributed by atoms with Gasteiger partial charge in [-0.15, -0.1) is 0 Å². The summed E-state index contributed by atoms with van der Waals surface area (Å²) < 4.78 is 73.6. The number of hydrogen-bond donors (Lipinski definition) is 6. The SMILES string of the molecule is N#CCCOP(=O)(O)OC[C@H]1O[C@@H](n2cnc3c(N)ncnc32)C(F)C1OP(=O)(O)OC[C@H]1O[C@@H](n2ccc(=O)[nH]c2=O)C(O)C1O. The van der Waals surface area contributed by atoms with Crippen molar-refractivity contribution in [3.8, 4) is 6.07 Å². The third-order valence-corrected chi connectivity index (χ3v) is 8.89. The molecule has 256 valence electrons. The van der Waals surface area contributed by atoms with Crippen molar-refractivity contribution in [2.75, 3.05) is 25.6 Å². The van der Waals surface area contributed by atoms with Gasteiger partial charge in [-0.25, -0.2) is 33.3 Å². The number of alkyl halides is 1. The minimum atomic E-state index is -5.30. The zero-order chi connectivity index (χ0) is 34.1. The van der Waals surface area contributed by atoms with Gasteiger partial charge in [0.1, 0.15) is 42.4 Å². The van der Waals surface area contributed by atoms with Gasteiger partial charge in [0.05, 0.1) is 38.6 Å². The second kappa shape index (κ2) is 13.9. The standard InChI is InChI=1S/C22H27FN8O14P2/c23-13-17(45-47(38,39)42-6-10-15(33)16(34)21(43-10)30-4-2-12(32)29-22(30)35)11(7-41-46(36,37)40-5-1-3-24)44-20(13)31-9-28-14-18(25)26-8-27-19(14)31/h2,4,8-11,13,15-17,20-21,33-34H,1,5-7H2,(H,36,37)(H,38,39)(H2,25,26,27)(H,29,32,35)/t10-,11-,13?,15?,16?,17?,20-,21-/m1/s1. The fraction of sp³-hybridized carbons (Fsp3) is 0.545. The number of hydrogen-bond acceptors (Lipinski definition) is 17. The van der Waals surface area contributed by atoms with Gasteiger partial charge in [0, 0.05) is 12.3 Å². The summed E-state index contributed by atoms with van der Waals surface area (Å²) in [5.41, 5.74) is 4.14. The van der Waals surface area contributed by atoms with E-state index in [4.69, 9.17) is 34.0 Å². The third kappa shape index (κ3) is 7.65. The van der Waals surface area contributed by atoms with E-state index in [9.17, 15) is 38.7 Å². The average molecular weight is 708 g/mol. The van der Waals surface area contributed by atoms with Gasteiger partial charge >= 0.3 is 21.3 Å². The molecule has 5 heterocycles. The van der Waals surface area contributed by atoms with Crippen molar-refractivity contribution in [1.29, 1.82) is 5.26 Å². The topological polar surface area (TPSA) is 319 Å². The van der Waals surface area contributed by atoms with E-state index < -0.39 is 95.9 Å². The maximum absolute atomic E-state index is 16.0. The number of anilines is 1. The molecule has 25 heteroatoms. The molecule has 0 saturated carbocycles. The quantitative estimate of drug-likeness (QED) is 0.0856. The minimum Gasteiger partial charge on any atom is -0.387 e. The highest BCUT2D eigenvalue weighted by Gasteiger charge is 2.52. The number of imidazole rings is 1. The number of H-pyrrole nitrogens is 1. The van der Waals surface area contributed by atoms with E-state index in [0.29, 0.717) is 0 Å². The van der Waals surface area contributed by atoms with Gasteiger partial charge in [-0.1, -0.05) is 0 Å². The Morgan fingerprint density at radius 2 is 1.72 bits per heavy atom. The zero-order valence-corrected chi connectivity index (χ0v) is 25.4. The molecule has 47 heavy (non-hydrogen) atoms. The summed E-state index contributed by atoms with van der Waals surface area (Å²) >= 11 is 0. The lowest BCUT2D eigenvalue weighted by Gasteiger charge is -2.23. The van der Waals surface area contributed by atoms with Crippen molar-refractivity contribution in [3.63, 3.8) is 0 Å². The fourth-order valence-electron chi connectivity index (χ4n) is 4.72. The number of fused-ring (bicyclic) bond motifs is 1. The molecule has 5 rings (SSSR count). The molecule has 2 aliphatic rings. The van der Waals surface area contributed by atoms with Crippen LogP contribution in [0.2, 0.25) is 0 Å². The monoisotopic (exact) mass is 708 g/mol. The first-order chi connectivity index (χ1) is 22.2. The van der Waals surface area contributed by atoms with Crippen LogP contribution in [0.4, 0.5) is 10.2 Å². The van der Waals surface area contributed by atoms with Crippen LogP contribution in [0.15, 0.2) is 34.5 Å². The Balaban J connectivity index is 1.31. The highest BCUT2D eigenvalue weighted by molar-refractivity contribution is 7.47. The number of ether oxygens (including phenoxy) is 2. The molecule has 0 radical (unpaired) electrons. The Kier molecular flexibility index (Phi) is 10.3. The number of aliphatic hydroxyl groups excluding tert-OH is 2. The lowest BCUT2D eigenvalue weighted by molar-refractivity contribution is -0.0609. The lowest BCUT2D eigenvalue weighted by Crippen LogP contribution is -2.37. The van der Waals surface area contributed by atoms with Crippen LogP contribution in [0.3, 0.4) is 0 Å². The van der Waals surface area contributed by atoms with Gasteiger partial charge in [-0.2, -0.15) is 5.26 Å². The molecule has 2 fully saturated rings. The maximum Gasteiger partial charge on any atom is 0.472 e. The molecule has 6 unspecified atom stereocenters. The van der Waals surface area contributed by atoms with Gasteiger partial charge in [-0.3, -0.25) is 37.0 Å². The molecule has 3 aromatic heterocycles. The molecule has 0 amide bonds. The Hall–Kier alpha value is -3.49. The fourth-order valence-corrected chi connectivity index (χ4v) is 6.41. The van der Waals surface area contributed by atoms with Crippen molar-refractivity contribution in [2.24, 2.45) is 0 Å². The number of nitriles is 1. The van der Waals surface area contributed by atoms with Crippen molar-refractivity contribution in [2.45, 2.75) is 55.6 Å². The van der Waals surface area contributed by atoms with E-state index >= 15 is 4.39 Å². The Bertz CT molecular complexity index is 1850. The molecule has 0 aliphatic carbocycles. The normalized spacial score (nSPS) is 30.2. The highest BCUT2D eigenvalue weighted by atomic mass is 31.2.